The van der Waals surface area contributed by atoms with Crippen LogP contribution in [-0.4, -0.2) is 10.7 Å². The van der Waals surface area contributed by atoms with E-state index in [4.69, 9.17) is 11.6 Å². The molecule has 2 atom stereocenters. The lowest BCUT2D eigenvalue weighted by Crippen LogP contribution is -2.36. The van der Waals surface area contributed by atoms with Gasteiger partial charge in [-0.05, 0) is 30.9 Å². The summed E-state index contributed by atoms with van der Waals surface area (Å²) >= 11 is 7.48. The molecule has 2 rings (SSSR count). The van der Waals surface area contributed by atoms with Gasteiger partial charge in [-0.15, -0.1) is 11.3 Å². The van der Waals surface area contributed by atoms with Crippen LogP contribution in [0.4, 0.5) is 0 Å². The van der Waals surface area contributed by atoms with Crippen LogP contribution in [0.2, 0.25) is 4.34 Å². The van der Waals surface area contributed by atoms with Crippen LogP contribution in [0.5, 0.6) is 0 Å². The molecule has 1 fully saturated rings. The molecule has 1 aliphatic carbocycles. The van der Waals surface area contributed by atoms with Crippen molar-refractivity contribution in [1.82, 2.24) is 0 Å². The van der Waals surface area contributed by atoms with Crippen LogP contribution in [0, 0.1) is 5.92 Å². The minimum absolute atomic E-state index is 0.480. The fourth-order valence-electron chi connectivity index (χ4n) is 2.56. The zero-order valence-corrected chi connectivity index (χ0v) is 10.6. The van der Waals surface area contributed by atoms with E-state index in [9.17, 15) is 5.11 Å². The Labute approximate surface area is 100 Å². The first-order valence-corrected chi connectivity index (χ1v) is 6.73. The third kappa shape index (κ3) is 2.96. The van der Waals surface area contributed by atoms with Crippen molar-refractivity contribution in [1.29, 1.82) is 0 Å². The van der Waals surface area contributed by atoms with Gasteiger partial charge in [-0.1, -0.05) is 31.4 Å². The Kier molecular flexibility index (Phi) is 3.39. The lowest BCUT2D eigenvalue weighted by molar-refractivity contribution is -0.0117. The molecule has 1 saturated carbocycles. The summed E-state index contributed by atoms with van der Waals surface area (Å²) in [6.07, 6.45) is 5.05. The smallest absolute Gasteiger partial charge is 0.0931 e. The molecular formula is C12H17ClOS. The molecule has 3 heteroatoms. The fourth-order valence-corrected chi connectivity index (χ4v) is 3.79. The first kappa shape index (κ1) is 11.4. The van der Waals surface area contributed by atoms with E-state index < -0.39 is 5.60 Å². The summed E-state index contributed by atoms with van der Waals surface area (Å²) in [6.45, 7) is 2.23. The molecule has 1 N–H and O–H groups in total. The Hall–Kier alpha value is -0.0500. The van der Waals surface area contributed by atoms with Gasteiger partial charge in [0.25, 0.3) is 0 Å². The third-order valence-electron chi connectivity index (χ3n) is 3.20. The molecule has 0 amide bonds. The topological polar surface area (TPSA) is 20.2 Å². The average Bonchev–Trinajstić information content (AvgIpc) is 2.49. The maximum Gasteiger partial charge on any atom is 0.0931 e. The normalized spacial score (nSPS) is 31.8. The monoisotopic (exact) mass is 244 g/mol. The molecule has 1 aliphatic rings. The molecule has 15 heavy (non-hydrogen) atoms. The highest BCUT2D eigenvalue weighted by Crippen LogP contribution is 2.36. The molecule has 1 aromatic rings. The summed E-state index contributed by atoms with van der Waals surface area (Å²) in [6, 6.07) is 3.95. The number of hydrogen-bond donors (Lipinski definition) is 1. The Morgan fingerprint density at radius 3 is 3.00 bits per heavy atom. The van der Waals surface area contributed by atoms with Gasteiger partial charge in [0.15, 0.2) is 0 Å². The zero-order valence-electron chi connectivity index (χ0n) is 9.00. The third-order valence-corrected chi connectivity index (χ3v) is 4.43. The Balaban J connectivity index is 2.03. The van der Waals surface area contributed by atoms with E-state index in [1.165, 1.54) is 11.3 Å². The first-order chi connectivity index (χ1) is 7.07. The summed E-state index contributed by atoms with van der Waals surface area (Å²) in [4.78, 5) is 1.21. The van der Waals surface area contributed by atoms with Crippen LogP contribution in [0.15, 0.2) is 12.1 Å². The summed E-state index contributed by atoms with van der Waals surface area (Å²) in [5.74, 6) is 0.652. The molecule has 1 aromatic heterocycles. The van der Waals surface area contributed by atoms with Gasteiger partial charge < -0.3 is 5.11 Å². The van der Waals surface area contributed by atoms with Crippen molar-refractivity contribution in [3.8, 4) is 0 Å². The molecule has 0 aliphatic heterocycles. The molecule has 0 spiro atoms. The van der Waals surface area contributed by atoms with Gasteiger partial charge in [-0.3, -0.25) is 0 Å². The van der Waals surface area contributed by atoms with Gasteiger partial charge in [-0.25, -0.2) is 0 Å². The highest BCUT2D eigenvalue weighted by molar-refractivity contribution is 7.16. The van der Waals surface area contributed by atoms with Crippen LogP contribution >= 0.6 is 22.9 Å². The molecule has 0 radical (unpaired) electrons. The summed E-state index contributed by atoms with van der Waals surface area (Å²) in [5.41, 5.74) is -0.480. The van der Waals surface area contributed by atoms with Crippen LogP contribution in [0.25, 0.3) is 0 Å². The predicted molar refractivity (Wildman–Crippen MR) is 65.6 cm³/mol. The van der Waals surface area contributed by atoms with Gasteiger partial charge in [0, 0.05) is 11.3 Å². The highest BCUT2D eigenvalue weighted by atomic mass is 35.5. The van der Waals surface area contributed by atoms with Crippen molar-refractivity contribution in [2.45, 2.75) is 44.6 Å². The van der Waals surface area contributed by atoms with E-state index in [2.05, 4.69) is 6.92 Å². The van der Waals surface area contributed by atoms with Crippen molar-refractivity contribution < 1.29 is 5.11 Å². The number of rotatable bonds is 2. The van der Waals surface area contributed by atoms with Crippen molar-refractivity contribution in [3.05, 3.63) is 21.3 Å². The quantitative estimate of drug-likeness (QED) is 0.837. The van der Waals surface area contributed by atoms with Gasteiger partial charge in [0.1, 0.15) is 0 Å². The number of aliphatic hydroxyl groups is 1. The second kappa shape index (κ2) is 4.44. The highest BCUT2D eigenvalue weighted by Gasteiger charge is 2.32. The molecule has 0 bridgehead atoms. The second-order valence-electron chi connectivity index (χ2n) is 4.81. The van der Waals surface area contributed by atoms with Gasteiger partial charge in [0.05, 0.1) is 9.94 Å². The maximum absolute atomic E-state index is 10.5. The van der Waals surface area contributed by atoms with Crippen molar-refractivity contribution in [3.63, 3.8) is 0 Å². The molecule has 0 saturated heterocycles. The Morgan fingerprint density at radius 2 is 2.40 bits per heavy atom. The molecule has 0 aromatic carbocycles. The fraction of sp³-hybridized carbons (Fsp3) is 0.667. The van der Waals surface area contributed by atoms with E-state index in [1.807, 2.05) is 12.1 Å². The van der Waals surface area contributed by atoms with E-state index in [1.54, 1.807) is 11.3 Å². The van der Waals surface area contributed by atoms with Crippen molar-refractivity contribution in [2.75, 3.05) is 0 Å². The summed E-state index contributed by atoms with van der Waals surface area (Å²) < 4.78 is 0.817. The minimum Gasteiger partial charge on any atom is -0.390 e. The minimum atomic E-state index is -0.480. The standard InChI is InChI=1S/C12H17ClOS/c1-9-3-2-6-12(14,7-9)8-10-4-5-11(13)15-10/h4-5,9,14H,2-3,6-8H2,1H3. The van der Waals surface area contributed by atoms with E-state index >= 15 is 0 Å². The number of halogens is 1. The maximum atomic E-state index is 10.5. The molecule has 84 valence electrons. The lowest BCUT2D eigenvalue weighted by Gasteiger charge is -2.35. The molecular weight excluding hydrogens is 228 g/mol. The lowest BCUT2D eigenvalue weighted by atomic mass is 9.77. The predicted octanol–water partition coefficient (Wildman–Crippen LogP) is 3.89. The molecule has 1 heterocycles. The van der Waals surface area contributed by atoms with Crippen LogP contribution in [0.1, 0.15) is 37.5 Å². The SMILES string of the molecule is CC1CCCC(O)(Cc2ccc(Cl)s2)C1. The van der Waals surface area contributed by atoms with Crippen molar-refractivity contribution in [2.24, 2.45) is 5.92 Å². The van der Waals surface area contributed by atoms with E-state index in [-0.39, 0.29) is 0 Å². The van der Waals surface area contributed by atoms with Crippen LogP contribution in [-0.2, 0) is 6.42 Å². The van der Waals surface area contributed by atoms with E-state index in [0.29, 0.717) is 5.92 Å². The summed E-state index contributed by atoms with van der Waals surface area (Å²) in [7, 11) is 0. The molecule has 2 unspecified atom stereocenters. The average molecular weight is 245 g/mol. The van der Waals surface area contributed by atoms with Gasteiger partial charge in [-0.2, -0.15) is 0 Å². The number of hydrogen-bond acceptors (Lipinski definition) is 2. The molecule has 1 nitrogen and oxygen atoms in total. The van der Waals surface area contributed by atoms with E-state index in [0.717, 1.165) is 30.0 Å². The Bertz CT molecular complexity index is 336. The summed E-state index contributed by atoms with van der Waals surface area (Å²) in [5, 5.41) is 10.5. The number of thiophene rings is 1. The van der Waals surface area contributed by atoms with Crippen LogP contribution < -0.4 is 0 Å². The van der Waals surface area contributed by atoms with Gasteiger partial charge >= 0.3 is 0 Å². The largest absolute Gasteiger partial charge is 0.390 e. The van der Waals surface area contributed by atoms with Crippen molar-refractivity contribution >= 4 is 22.9 Å². The van der Waals surface area contributed by atoms with Crippen LogP contribution in [0.3, 0.4) is 0 Å². The first-order valence-electron chi connectivity index (χ1n) is 5.54. The second-order valence-corrected chi connectivity index (χ2v) is 6.61. The Morgan fingerprint density at radius 1 is 1.60 bits per heavy atom. The van der Waals surface area contributed by atoms with Gasteiger partial charge in [0.2, 0.25) is 0 Å². The zero-order chi connectivity index (χ0) is 10.9.